The fourth-order valence-electron chi connectivity index (χ4n) is 4.67. The summed E-state index contributed by atoms with van der Waals surface area (Å²) in [6.45, 7) is 5.13. The number of anilines is 1. The van der Waals surface area contributed by atoms with Gasteiger partial charge in [-0.3, -0.25) is 4.79 Å². The Morgan fingerprint density at radius 1 is 1.31 bits per heavy atom. The van der Waals surface area contributed by atoms with E-state index in [4.69, 9.17) is 0 Å². The van der Waals surface area contributed by atoms with E-state index in [-0.39, 0.29) is 11.7 Å². The second-order valence-corrected chi connectivity index (χ2v) is 11.7. The second-order valence-electron chi connectivity index (χ2n) is 8.78. The summed E-state index contributed by atoms with van der Waals surface area (Å²) in [5.41, 5.74) is 2.87. The molecule has 35 heavy (non-hydrogen) atoms. The fraction of sp³-hybridized carbons (Fsp3) is 0.385. The van der Waals surface area contributed by atoms with E-state index < -0.39 is 0 Å². The molecule has 180 valence electrons. The molecule has 9 heteroatoms. The number of rotatable bonds is 8. The molecule has 0 saturated heterocycles. The first-order valence-electron chi connectivity index (χ1n) is 12.0. The van der Waals surface area contributed by atoms with Gasteiger partial charge in [-0.2, -0.15) is 5.26 Å². The lowest BCUT2D eigenvalue weighted by Gasteiger charge is -2.20. The van der Waals surface area contributed by atoms with E-state index in [1.807, 2.05) is 12.1 Å². The highest BCUT2D eigenvalue weighted by Gasteiger charge is 2.26. The summed E-state index contributed by atoms with van der Waals surface area (Å²) >= 11 is 4.67. The maximum absolute atomic E-state index is 12.9. The van der Waals surface area contributed by atoms with Crippen molar-refractivity contribution in [3.05, 3.63) is 45.6 Å². The first kappa shape index (κ1) is 24.0. The van der Waals surface area contributed by atoms with Crippen molar-refractivity contribution in [2.45, 2.75) is 57.7 Å². The van der Waals surface area contributed by atoms with Crippen molar-refractivity contribution in [1.82, 2.24) is 14.8 Å². The van der Waals surface area contributed by atoms with Crippen LogP contribution in [0.15, 0.2) is 34.8 Å². The fourth-order valence-corrected chi connectivity index (χ4v) is 7.71. The molecule has 1 amide bonds. The van der Waals surface area contributed by atoms with Crippen molar-refractivity contribution in [3.8, 4) is 17.5 Å². The van der Waals surface area contributed by atoms with Gasteiger partial charge in [-0.25, -0.2) is 0 Å². The molecule has 0 saturated carbocycles. The molecule has 1 N–H and O–H groups in total. The van der Waals surface area contributed by atoms with Gasteiger partial charge in [0.15, 0.2) is 11.0 Å². The number of nitrogens with zero attached hydrogens (tertiary/aromatic N) is 4. The number of thiophene rings is 2. The van der Waals surface area contributed by atoms with E-state index in [2.05, 4.69) is 57.5 Å². The first-order valence-corrected chi connectivity index (χ1v) is 14.7. The number of hydrogen-bond acceptors (Lipinski definition) is 7. The van der Waals surface area contributed by atoms with Crippen LogP contribution >= 0.6 is 34.4 Å². The third-order valence-corrected chi connectivity index (χ3v) is 9.63. The number of carbonyl (C=O) groups is 1. The maximum atomic E-state index is 12.9. The highest BCUT2D eigenvalue weighted by Crippen LogP contribution is 2.40. The molecule has 1 aromatic carbocycles. The Morgan fingerprint density at radius 2 is 2.17 bits per heavy atom. The first-order chi connectivity index (χ1) is 17.1. The van der Waals surface area contributed by atoms with Crippen LogP contribution < -0.4 is 5.32 Å². The zero-order valence-electron chi connectivity index (χ0n) is 19.8. The minimum Gasteiger partial charge on any atom is -0.316 e. The molecule has 1 aliphatic carbocycles. The lowest BCUT2D eigenvalue weighted by Crippen LogP contribution is -2.15. The molecule has 5 rings (SSSR count). The molecule has 1 atom stereocenters. The van der Waals surface area contributed by atoms with Crippen molar-refractivity contribution >= 4 is 55.4 Å². The quantitative estimate of drug-likeness (QED) is 0.259. The van der Waals surface area contributed by atoms with Crippen LogP contribution in [0.25, 0.3) is 21.5 Å². The largest absolute Gasteiger partial charge is 0.316 e. The Balaban J connectivity index is 1.32. The average Bonchev–Trinajstić information content (AvgIpc) is 3.57. The van der Waals surface area contributed by atoms with Crippen LogP contribution in [0.5, 0.6) is 0 Å². The van der Waals surface area contributed by atoms with Gasteiger partial charge in [0.05, 0.1) is 11.3 Å². The number of hydrogen-bond donors (Lipinski definition) is 1. The summed E-state index contributed by atoms with van der Waals surface area (Å²) in [6, 6.07) is 10.7. The standard InChI is InChI=1S/C26H27N5OS3/c1-3-11-31-24(20-14-33-21-8-6-5-7-17(20)21)29-30-26(31)34-15-23(32)28-25-19(13-27)18-10-9-16(4-2)12-22(18)35-25/h5-8,14,16H,3-4,9-12,15H2,1-2H3,(H,28,32). The summed E-state index contributed by atoms with van der Waals surface area (Å²) in [7, 11) is 0. The third-order valence-electron chi connectivity index (χ3n) is 6.53. The van der Waals surface area contributed by atoms with Crippen molar-refractivity contribution < 1.29 is 4.79 Å². The van der Waals surface area contributed by atoms with Gasteiger partial charge in [0.1, 0.15) is 11.1 Å². The molecule has 0 radical (unpaired) electrons. The third kappa shape index (κ3) is 4.75. The molecule has 1 unspecified atom stereocenters. The molecule has 6 nitrogen and oxygen atoms in total. The van der Waals surface area contributed by atoms with Crippen LogP contribution in [0.2, 0.25) is 0 Å². The molecule has 0 bridgehead atoms. The van der Waals surface area contributed by atoms with Gasteiger partial charge in [-0.15, -0.1) is 32.9 Å². The van der Waals surface area contributed by atoms with Crippen LogP contribution in [0.3, 0.4) is 0 Å². The van der Waals surface area contributed by atoms with E-state index in [1.54, 1.807) is 22.7 Å². The van der Waals surface area contributed by atoms with Crippen LogP contribution in [0, 0.1) is 17.2 Å². The smallest absolute Gasteiger partial charge is 0.235 e. The lowest BCUT2D eigenvalue weighted by atomic mass is 9.86. The molecule has 0 fully saturated rings. The predicted octanol–water partition coefficient (Wildman–Crippen LogP) is 6.75. The average molecular weight is 522 g/mol. The predicted molar refractivity (Wildman–Crippen MR) is 145 cm³/mol. The lowest BCUT2D eigenvalue weighted by molar-refractivity contribution is -0.113. The molecule has 0 spiro atoms. The van der Waals surface area contributed by atoms with Gasteiger partial charge in [0.25, 0.3) is 0 Å². The van der Waals surface area contributed by atoms with Gasteiger partial charge < -0.3 is 9.88 Å². The van der Waals surface area contributed by atoms with Gasteiger partial charge >= 0.3 is 0 Å². The molecule has 1 aliphatic rings. The second kappa shape index (κ2) is 10.5. The van der Waals surface area contributed by atoms with E-state index in [9.17, 15) is 10.1 Å². The number of fused-ring (bicyclic) bond motifs is 2. The van der Waals surface area contributed by atoms with E-state index >= 15 is 0 Å². The number of nitriles is 1. The van der Waals surface area contributed by atoms with Gasteiger partial charge in [0, 0.05) is 32.5 Å². The summed E-state index contributed by atoms with van der Waals surface area (Å²) in [5, 5.41) is 26.4. The highest BCUT2D eigenvalue weighted by atomic mass is 32.2. The van der Waals surface area contributed by atoms with Crippen LogP contribution in [-0.2, 0) is 24.2 Å². The van der Waals surface area contributed by atoms with Crippen LogP contribution in [0.1, 0.15) is 49.1 Å². The van der Waals surface area contributed by atoms with E-state index in [0.717, 1.165) is 60.8 Å². The SMILES string of the molecule is CCCn1c(SCC(=O)Nc2sc3c(c2C#N)CCC(CC)C3)nnc1-c1csc2ccccc12. The number of benzene rings is 1. The molecule has 3 aromatic heterocycles. The van der Waals surface area contributed by atoms with E-state index in [1.165, 1.54) is 26.7 Å². The Bertz CT molecular complexity index is 1410. The zero-order valence-corrected chi connectivity index (χ0v) is 22.3. The van der Waals surface area contributed by atoms with Crippen molar-refractivity contribution in [2.24, 2.45) is 5.92 Å². The minimum atomic E-state index is -0.120. The summed E-state index contributed by atoms with van der Waals surface area (Å²) < 4.78 is 3.33. The Morgan fingerprint density at radius 3 is 2.97 bits per heavy atom. The maximum Gasteiger partial charge on any atom is 0.235 e. The van der Waals surface area contributed by atoms with Crippen LogP contribution in [-0.4, -0.2) is 26.4 Å². The number of amides is 1. The summed E-state index contributed by atoms with van der Waals surface area (Å²) in [5.74, 6) is 1.62. The van der Waals surface area contributed by atoms with Crippen molar-refractivity contribution in [1.29, 1.82) is 5.26 Å². The monoisotopic (exact) mass is 521 g/mol. The Labute approximate surface area is 217 Å². The van der Waals surface area contributed by atoms with Gasteiger partial charge in [0.2, 0.25) is 5.91 Å². The normalized spacial score (nSPS) is 15.2. The Hall–Kier alpha value is -2.67. The van der Waals surface area contributed by atoms with Gasteiger partial charge in [-0.1, -0.05) is 50.2 Å². The molecule has 0 aliphatic heterocycles. The summed E-state index contributed by atoms with van der Waals surface area (Å²) in [6.07, 6.45) is 5.15. The summed E-state index contributed by atoms with van der Waals surface area (Å²) in [4.78, 5) is 14.1. The highest BCUT2D eigenvalue weighted by molar-refractivity contribution is 7.99. The number of carbonyl (C=O) groups excluding carboxylic acids is 1. The van der Waals surface area contributed by atoms with Gasteiger partial charge in [-0.05, 0) is 43.2 Å². The molecule has 3 heterocycles. The number of thioether (sulfide) groups is 1. The van der Waals surface area contributed by atoms with Crippen LogP contribution in [0.4, 0.5) is 5.00 Å². The van der Waals surface area contributed by atoms with Crippen molar-refractivity contribution in [3.63, 3.8) is 0 Å². The molecular formula is C26H27N5OS3. The molecular weight excluding hydrogens is 495 g/mol. The zero-order chi connectivity index (χ0) is 24.4. The topological polar surface area (TPSA) is 83.6 Å². The number of nitrogens with one attached hydrogen (secondary N) is 1. The Kier molecular flexibility index (Phi) is 7.23. The van der Waals surface area contributed by atoms with E-state index in [0.29, 0.717) is 16.5 Å². The van der Waals surface area contributed by atoms with Crippen molar-refractivity contribution in [2.75, 3.05) is 11.1 Å². The number of aromatic nitrogens is 3. The minimum absolute atomic E-state index is 0.120. The molecule has 4 aromatic rings.